The molecule has 1 heterocycles. The molecule has 0 aliphatic carbocycles. The smallest absolute Gasteiger partial charge is 0.250 e. The lowest BCUT2D eigenvalue weighted by molar-refractivity contribution is 0.107. The van der Waals surface area contributed by atoms with Crippen molar-refractivity contribution in [1.29, 1.82) is 0 Å². The molecular weight excluding hydrogens is 223 g/mol. The van der Waals surface area contributed by atoms with E-state index in [-0.39, 0.29) is 18.0 Å². The first-order valence-corrected chi connectivity index (χ1v) is 5.56. The second-order valence-corrected chi connectivity index (χ2v) is 3.95. The molecule has 4 nitrogen and oxygen atoms in total. The van der Waals surface area contributed by atoms with Crippen LogP contribution < -0.4 is 10.5 Å². The number of methoxy groups -OCH3 is 2. The lowest BCUT2D eigenvalue weighted by atomic mass is 10.0. The molecule has 0 fully saturated rings. The van der Waals surface area contributed by atoms with E-state index in [1.807, 2.05) is 6.92 Å². The van der Waals surface area contributed by atoms with Gasteiger partial charge in [-0.3, -0.25) is 0 Å². The summed E-state index contributed by atoms with van der Waals surface area (Å²) < 4.78 is 23.8. The minimum atomic E-state index is -0.479. The zero-order valence-electron chi connectivity index (χ0n) is 10.4. The van der Waals surface area contributed by atoms with Crippen molar-refractivity contribution in [3.63, 3.8) is 0 Å². The third-order valence-electron chi connectivity index (χ3n) is 2.77. The van der Waals surface area contributed by atoms with Gasteiger partial charge in [0.05, 0.1) is 13.2 Å². The lowest BCUT2D eigenvalue weighted by Crippen LogP contribution is -2.16. The molecule has 0 aliphatic heterocycles. The first-order valence-electron chi connectivity index (χ1n) is 5.56. The van der Waals surface area contributed by atoms with Gasteiger partial charge in [0.25, 0.3) is 0 Å². The molecule has 0 saturated carbocycles. The molecule has 0 saturated heterocycles. The molecule has 96 valence electrons. The van der Waals surface area contributed by atoms with E-state index in [0.29, 0.717) is 12.0 Å². The lowest BCUT2D eigenvalue weighted by Gasteiger charge is -2.16. The fourth-order valence-electron chi connectivity index (χ4n) is 1.55. The average molecular weight is 242 g/mol. The Bertz CT molecular complexity index is 360. The molecule has 1 aromatic heterocycles. The molecule has 0 aliphatic rings. The first kappa shape index (κ1) is 13.9. The quantitative estimate of drug-likeness (QED) is 0.829. The number of nitrogens with zero attached hydrogens (tertiary/aromatic N) is 1. The molecule has 0 spiro atoms. The predicted octanol–water partition coefficient (Wildman–Crippen LogP) is 2.04. The number of nitrogens with two attached hydrogens (primary N) is 1. The second-order valence-electron chi connectivity index (χ2n) is 3.95. The average Bonchev–Trinajstić information content (AvgIpc) is 2.35. The van der Waals surface area contributed by atoms with Crippen LogP contribution in [0.5, 0.6) is 5.88 Å². The summed E-state index contributed by atoms with van der Waals surface area (Å²) >= 11 is 0. The van der Waals surface area contributed by atoms with Crippen LogP contribution in [0.2, 0.25) is 0 Å². The van der Waals surface area contributed by atoms with Gasteiger partial charge < -0.3 is 15.2 Å². The standard InChI is InChI=1S/C12H19FN2O2/c1-8(16-2)4-5-10(14)9-6-7-15-12(17-3)11(9)13/h6-8,10H,4-5,14H2,1-3H3. The summed E-state index contributed by atoms with van der Waals surface area (Å²) in [4.78, 5) is 3.77. The van der Waals surface area contributed by atoms with Gasteiger partial charge in [0.2, 0.25) is 5.88 Å². The van der Waals surface area contributed by atoms with Crippen LogP contribution in [-0.4, -0.2) is 25.3 Å². The van der Waals surface area contributed by atoms with Crippen molar-refractivity contribution < 1.29 is 13.9 Å². The number of hydrogen-bond donors (Lipinski definition) is 1. The van der Waals surface area contributed by atoms with Gasteiger partial charge in [0, 0.05) is 24.9 Å². The molecule has 0 amide bonds. The minimum Gasteiger partial charge on any atom is -0.479 e. The van der Waals surface area contributed by atoms with Gasteiger partial charge in [0.15, 0.2) is 5.82 Å². The number of hydrogen-bond acceptors (Lipinski definition) is 4. The maximum absolute atomic E-state index is 13.8. The summed E-state index contributed by atoms with van der Waals surface area (Å²) in [7, 11) is 3.03. The van der Waals surface area contributed by atoms with E-state index >= 15 is 0 Å². The van der Waals surface area contributed by atoms with Crippen LogP contribution in [0.25, 0.3) is 0 Å². The highest BCUT2D eigenvalue weighted by Crippen LogP contribution is 2.24. The topological polar surface area (TPSA) is 57.4 Å². The number of rotatable bonds is 6. The molecule has 2 atom stereocenters. The van der Waals surface area contributed by atoms with Gasteiger partial charge in [-0.2, -0.15) is 0 Å². The molecule has 0 radical (unpaired) electrons. The van der Waals surface area contributed by atoms with Crippen molar-refractivity contribution in [2.24, 2.45) is 5.73 Å². The second kappa shape index (κ2) is 6.51. The third-order valence-corrected chi connectivity index (χ3v) is 2.77. The van der Waals surface area contributed by atoms with Crippen LogP contribution in [0.15, 0.2) is 12.3 Å². The molecule has 0 aromatic carbocycles. The van der Waals surface area contributed by atoms with Crippen LogP contribution >= 0.6 is 0 Å². The van der Waals surface area contributed by atoms with E-state index in [4.69, 9.17) is 15.2 Å². The Kier molecular flexibility index (Phi) is 5.31. The maximum atomic E-state index is 13.8. The van der Waals surface area contributed by atoms with E-state index < -0.39 is 5.82 Å². The number of aromatic nitrogens is 1. The molecule has 5 heteroatoms. The molecule has 2 unspecified atom stereocenters. The highest BCUT2D eigenvalue weighted by atomic mass is 19.1. The van der Waals surface area contributed by atoms with E-state index in [1.54, 1.807) is 13.2 Å². The number of ether oxygens (including phenoxy) is 2. The summed E-state index contributed by atoms with van der Waals surface area (Å²) in [6.45, 7) is 1.95. The summed E-state index contributed by atoms with van der Waals surface area (Å²) in [6.07, 6.45) is 3.05. The zero-order valence-corrected chi connectivity index (χ0v) is 10.4. The number of pyridine rings is 1. The summed E-state index contributed by atoms with van der Waals surface area (Å²) in [5.41, 5.74) is 6.37. The third kappa shape index (κ3) is 3.64. The monoisotopic (exact) mass is 242 g/mol. The van der Waals surface area contributed by atoms with Crippen molar-refractivity contribution >= 4 is 0 Å². The Balaban J connectivity index is 2.71. The van der Waals surface area contributed by atoms with Crippen molar-refractivity contribution in [2.45, 2.75) is 31.9 Å². The highest BCUT2D eigenvalue weighted by molar-refractivity contribution is 5.26. The van der Waals surface area contributed by atoms with Crippen molar-refractivity contribution in [2.75, 3.05) is 14.2 Å². The first-order chi connectivity index (χ1) is 8.10. The summed E-state index contributed by atoms with van der Waals surface area (Å²) in [6, 6.07) is 1.21. The Morgan fingerprint density at radius 2 is 2.12 bits per heavy atom. The van der Waals surface area contributed by atoms with Crippen molar-refractivity contribution in [3.05, 3.63) is 23.6 Å². The maximum Gasteiger partial charge on any atom is 0.250 e. The molecule has 17 heavy (non-hydrogen) atoms. The Morgan fingerprint density at radius 1 is 1.41 bits per heavy atom. The Labute approximate surface area is 101 Å². The van der Waals surface area contributed by atoms with Gasteiger partial charge in [0.1, 0.15) is 0 Å². The van der Waals surface area contributed by atoms with Crippen LogP contribution in [0, 0.1) is 5.82 Å². The molecule has 0 bridgehead atoms. The molecular formula is C12H19FN2O2. The van der Waals surface area contributed by atoms with Gasteiger partial charge in [-0.15, -0.1) is 0 Å². The normalized spacial score (nSPS) is 14.4. The van der Waals surface area contributed by atoms with Crippen molar-refractivity contribution in [3.8, 4) is 5.88 Å². The minimum absolute atomic E-state index is 0.0160. The summed E-state index contributed by atoms with van der Waals surface area (Å²) in [5.74, 6) is -0.495. The van der Waals surface area contributed by atoms with E-state index in [0.717, 1.165) is 6.42 Å². The Morgan fingerprint density at radius 3 is 2.71 bits per heavy atom. The molecule has 1 aromatic rings. The fraction of sp³-hybridized carbons (Fsp3) is 0.583. The summed E-state index contributed by atoms with van der Waals surface area (Å²) in [5, 5.41) is 0. The Hall–Kier alpha value is -1.20. The predicted molar refractivity (Wildman–Crippen MR) is 63.4 cm³/mol. The largest absolute Gasteiger partial charge is 0.479 e. The van der Waals surface area contributed by atoms with Crippen LogP contribution in [-0.2, 0) is 4.74 Å². The van der Waals surface area contributed by atoms with Gasteiger partial charge >= 0.3 is 0 Å². The molecule has 2 N–H and O–H groups in total. The zero-order chi connectivity index (χ0) is 12.8. The van der Waals surface area contributed by atoms with Crippen molar-refractivity contribution in [1.82, 2.24) is 4.98 Å². The van der Waals surface area contributed by atoms with Crippen LogP contribution in [0.4, 0.5) is 4.39 Å². The SMILES string of the molecule is COc1nccc(C(N)CCC(C)OC)c1F. The van der Waals surface area contributed by atoms with Crippen LogP contribution in [0.3, 0.4) is 0 Å². The highest BCUT2D eigenvalue weighted by Gasteiger charge is 2.16. The van der Waals surface area contributed by atoms with Gasteiger partial charge in [-0.25, -0.2) is 9.37 Å². The van der Waals surface area contributed by atoms with E-state index in [2.05, 4.69) is 4.98 Å². The van der Waals surface area contributed by atoms with Crippen LogP contribution in [0.1, 0.15) is 31.4 Å². The fourth-order valence-corrected chi connectivity index (χ4v) is 1.55. The van der Waals surface area contributed by atoms with Gasteiger partial charge in [-0.05, 0) is 25.8 Å². The van der Waals surface area contributed by atoms with E-state index in [9.17, 15) is 4.39 Å². The number of halogens is 1. The molecule has 1 rings (SSSR count). The van der Waals surface area contributed by atoms with E-state index in [1.165, 1.54) is 13.3 Å². The van der Waals surface area contributed by atoms with Gasteiger partial charge in [-0.1, -0.05) is 0 Å².